The Hall–Kier alpha value is -0.440. The monoisotopic (exact) mass is 271 g/mol. The van der Waals surface area contributed by atoms with E-state index in [-0.39, 0.29) is 0 Å². The summed E-state index contributed by atoms with van der Waals surface area (Å²) >= 11 is 3.33. The smallest absolute Gasteiger partial charge is 0.171 e. The van der Waals surface area contributed by atoms with Crippen LogP contribution in [0.4, 0.5) is 5.69 Å². The topological polar surface area (TPSA) is 39.2 Å². The first-order valence-electron chi connectivity index (χ1n) is 5.53. The highest BCUT2D eigenvalue weighted by molar-refractivity contribution is 9.10. The van der Waals surface area contributed by atoms with E-state index in [1.807, 2.05) is 6.07 Å². The molecule has 1 aliphatic rings. The van der Waals surface area contributed by atoms with E-state index >= 15 is 0 Å². The summed E-state index contributed by atoms with van der Waals surface area (Å²) in [6.07, 6.45) is 4.90. The molecule has 1 fully saturated rings. The van der Waals surface area contributed by atoms with E-state index in [4.69, 9.17) is 10.2 Å². The van der Waals surface area contributed by atoms with Crippen molar-refractivity contribution in [1.82, 2.24) is 0 Å². The Kier molecular flexibility index (Phi) is 2.84. The fourth-order valence-electron chi connectivity index (χ4n) is 2.37. The van der Waals surface area contributed by atoms with Gasteiger partial charge in [0.15, 0.2) is 4.67 Å². The average molecular weight is 272 g/mol. The van der Waals surface area contributed by atoms with Crippen molar-refractivity contribution >= 4 is 21.6 Å². The number of rotatable bonds is 1. The van der Waals surface area contributed by atoms with Gasteiger partial charge in [-0.3, -0.25) is 0 Å². The van der Waals surface area contributed by atoms with Crippen molar-refractivity contribution in [2.75, 3.05) is 5.73 Å². The zero-order valence-corrected chi connectivity index (χ0v) is 10.9. The molecule has 0 amide bonds. The molecule has 0 bridgehead atoms. The minimum absolute atomic E-state index is 0.495. The second kappa shape index (κ2) is 3.85. The highest BCUT2D eigenvalue weighted by atomic mass is 79.9. The lowest BCUT2D eigenvalue weighted by Crippen LogP contribution is -2.20. The van der Waals surface area contributed by atoms with Gasteiger partial charge in [0.25, 0.3) is 0 Å². The average Bonchev–Trinajstić information content (AvgIpc) is 2.45. The SMILES string of the molecule is CC1(C)CCC(c2oc(Br)cc2N)CC1. The zero-order chi connectivity index (χ0) is 11.1. The maximum atomic E-state index is 5.92. The Bertz CT molecular complexity index is 347. The van der Waals surface area contributed by atoms with Crippen LogP contribution in [0.25, 0.3) is 0 Å². The van der Waals surface area contributed by atoms with Crippen LogP contribution >= 0.6 is 15.9 Å². The summed E-state index contributed by atoms with van der Waals surface area (Å²) in [4.78, 5) is 0. The highest BCUT2D eigenvalue weighted by Crippen LogP contribution is 2.44. The molecule has 0 unspecified atom stereocenters. The number of hydrogen-bond acceptors (Lipinski definition) is 2. The van der Waals surface area contributed by atoms with Gasteiger partial charge in [0.2, 0.25) is 0 Å². The number of hydrogen-bond donors (Lipinski definition) is 1. The largest absolute Gasteiger partial charge is 0.452 e. The van der Waals surface area contributed by atoms with Crippen molar-refractivity contribution in [3.05, 3.63) is 16.5 Å². The molecule has 0 atom stereocenters. The summed E-state index contributed by atoms with van der Waals surface area (Å²) in [7, 11) is 0. The summed E-state index contributed by atoms with van der Waals surface area (Å²) in [5.74, 6) is 1.50. The van der Waals surface area contributed by atoms with Crippen molar-refractivity contribution < 1.29 is 4.42 Å². The highest BCUT2D eigenvalue weighted by Gasteiger charge is 2.30. The van der Waals surface area contributed by atoms with Gasteiger partial charge in [-0.15, -0.1) is 0 Å². The molecule has 0 radical (unpaired) electrons. The number of nitrogen functional groups attached to an aromatic ring is 1. The molecule has 2 N–H and O–H groups in total. The van der Waals surface area contributed by atoms with E-state index < -0.39 is 0 Å². The Morgan fingerprint density at radius 2 is 2.00 bits per heavy atom. The van der Waals surface area contributed by atoms with Crippen LogP contribution in [-0.4, -0.2) is 0 Å². The third-order valence-corrected chi connectivity index (χ3v) is 3.86. The molecule has 2 rings (SSSR count). The van der Waals surface area contributed by atoms with Gasteiger partial charge in [0, 0.05) is 12.0 Å². The number of halogens is 1. The predicted octanol–water partition coefficient (Wildman–Crippen LogP) is 4.31. The first kappa shape index (κ1) is 11.1. The molecule has 0 aliphatic heterocycles. The van der Waals surface area contributed by atoms with Gasteiger partial charge in [0.05, 0.1) is 5.69 Å². The quantitative estimate of drug-likeness (QED) is 0.827. The molecule has 0 saturated heterocycles. The molecular weight excluding hydrogens is 254 g/mol. The molecule has 1 heterocycles. The van der Waals surface area contributed by atoms with Gasteiger partial charge >= 0.3 is 0 Å². The number of nitrogens with two attached hydrogens (primary N) is 1. The molecule has 0 spiro atoms. The molecule has 15 heavy (non-hydrogen) atoms. The van der Waals surface area contributed by atoms with Gasteiger partial charge in [0.1, 0.15) is 5.76 Å². The minimum atomic E-state index is 0.495. The second-order valence-corrected chi connectivity index (χ2v) is 6.09. The molecule has 3 heteroatoms. The summed E-state index contributed by atoms with van der Waals surface area (Å²) in [6, 6.07) is 1.86. The lowest BCUT2D eigenvalue weighted by Gasteiger charge is -2.33. The Labute approximate surface area is 99.3 Å². The van der Waals surface area contributed by atoms with E-state index in [2.05, 4.69) is 29.8 Å². The van der Waals surface area contributed by atoms with E-state index in [0.29, 0.717) is 11.3 Å². The van der Waals surface area contributed by atoms with Crippen LogP contribution in [-0.2, 0) is 0 Å². The fraction of sp³-hybridized carbons (Fsp3) is 0.667. The molecule has 1 aliphatic carbocycles. The lowest BCUT2D eigenvalue weighted by atomic mass is 9.72. The fourth-order valence-corrected chi connectivity index (χ4v) is 2.79. The van der Waals surface area contributed by atoms with Crippen molar-refractivity contribution in [2.24, 2.45) is 5.41 Å². The number of furan rings is 1. The van der Waals surface area contributed by atoms with Crippen LogP contribution < -0.4 is 5.73 Å². The van der Waals surface area contributed by atoms with Crippen molar-refractivity contribution in [1.29, 1.82) is 0 Å². The Morgan fingerprint density at radius 3 is 2.47 bits per heavy atom. The Morgan fingerprint density at radius 1 is 1.40 bits per heavy atom. The van der Waals surface area contributed by atoms with Crippen LogP contribution in [0.3, 0.4) is 0 Å². The number of anilines is 1. The zero-order valence-electron chi connectivity index (χ0n) is 9.35. The molecular formula is C12H18BrNO. The van der Waals surface area contributed by atoms with E-state index in [0.717, 1.165) is 16.1 Å². The summed E-state index contributed by atoms with van der Waals surface area (Å²) in [5.41, 5.74) is 7.21. The van der Waals surface area contributed by atoms with Crippen LogP contribution in [0.2, 0.25) is 0 Å². The van der Waals surface area contributed by atoms with Crippen molar-refractivity contribution in [3.63, 3.8) is 0 Å². The van der Waals surface area contributed by atoms with Gasteiger partial charge in [-0.05, 0) is 47.0 Å². The van der Waals surface area contributed by atoms with E-state index in [9.17, 15) is 0 Å². The van der Waals surface area contributed by atoms with Gasteiger partial charge in [-0.25, -0.2) is 0 Å². The molecule has 1 aromatic heterocycles. The second-order valence-electron chi connectivity index (χ2n) is 5.31. The minimum Gasteiger partial charge on any atom is -0.452 e. The first-order chi connectivity index (χ1) is 6.98. The molecule has 84 valence electrons. The maximum absolute atomic E-state index is 5.92. The van der Waals surface area contributed by atoms with E-state index in [1.165, 1.54) is 25.7 Å². The van der Waals surface area contributed by atoms with Crippen molar-refractivity contribution in [3.8, 4) is 0 Å². The van der Waals surface area contributed by atoms with Gasteiger partial charge in [-0.2, -0.15) is 0 Å². The van der Waals surface area contributed by atoms with Gasteiger partial charge in [-0.1, -0.05) is 13.8 Å². The molecule has 0 aromatic carbocycles. The predicted molar refractivity (Wildman–Crippen MR) is 65.8 cm³/mol. The lowest BCUT2D eigenvalue weighted by molar-refractivity contribution is 0.212. The third kappa shape index (κ3) is 2.39. The van der Waals surface area contributed by atoms with E-state index in [1.54, 1.807) is 0 Å². The van der Waals surface area contributed by atoms with Crippen LogP contribution in [0.5, 0.6) is 0 Å². The molecule has 1 saturated carbocycles. The van der Waals surface area contributed by atoms with Gasteiger partial charge < -0.3 is 10.2 Å². The van der Waals surface area contributed by atoms with Crippen LogP contribution in [0.15, 0.2) is 15.2 Å². The Balaban J connectivity index is 2.11. The molecule has 2 nitrogen and oxygen atoms in total. The maximum Gasteiger partial charge on any atom is 0.171 e. The standard InChI is InChI=1S/C12H18BrNO/c1-12(2)5-3-8(4-6-12)11-9(14)7-10(13)15-11/h7-8H,3-6,14H2,1-2H3. The van der Waals surface area contributed by atoms with Crippen LogP contribution in [0.1, 0.15) is 51.2 Å². The third-order valence-electron chi connectivity index (χ3n) is 3.47. The normalized spacial score (nSPS) is 21.8. The summed E-state index contributed by atoms with van der Waals surface area (Å²) < 4.78 is 6.36. The van der Waals surface area contributed by atoms with Crippen molar-refractivity contribution in [2.45, 2.75) is 45.4 Å². The first-order valence-corrected chi connectivity index (χ1v) is 6.32. The summed E-state index contributed by atoms with van der Waals surface area (Å²) in [6.45, 7) is 4.68. The van der Waals surface area contributed by atoms with Crippen LogP contribution in [0, 0.1) is 5.41 Å². The molecule has 1 aromatic rings. The summed E-state index contributed by atoms with van der Waals surface area (Å²) in [5, 5.41) is 0.